The number of fused-ring (bicyclic) bond motifs is 1. The lowest BCUT2D eigenvalue weighted by atomic mass is 9.98. The monoisotopic (exact) mass is 487 g/mol. The Morgan fingerprint density at radius 3 is 2.97 bits per heavy atom. The highest BCUT2D eigenvalue weighted by molar-refractivity contribution is 6.06. The highest BCUT2D eigenvalue weighted by Gasteiger charge is 2.38. The largest absolute Gasteiger partial charge is 0.465 e. The van der Waals surface area contributed by atoms with Crippen molar-refractivity contribution < 1.29 is 19.1 Å². The van der Waals surface area contributed by atoms with Gasteiger partial charge in [-0.2, -0.15) is 0 Å². The van der Waals surface area contributed by atoms with E-state index in [2.05, 4.69) is 32.4 Å². The second-order valence-electron chi connectivity index (χ2n) is 9.25. The van der Waals surface area contributed by atoms with E-state index in [-0.39, 0.29) is 11.7 Å². The molecule has 1 fully saturated rings. The summed E-state index contributed by atoms with van der Waals surface area (Å²) >= 11 is 0. The number of H-pyrrole nitrogens is 1. The summed E-state index contributed by atoms with van der Waals surface area (Å²) in [4.78, 5) is 33.6. The Labute approximate surface area is 207 Å². The molecule has 2 aromatic heterocycles. The van der Waals surface area contributed by atoms with Gasteiger partial charge in [-0.15, -0.1) is 0 Å². The van der Waals surface area contributed by atoms with Gasteiger partial charge in [0.1, 0.15) is 11.4 Å². The number of anilines is 2. The Bertz CT molecular complexity index is 1440. The van der Waals surface area contributed by atoms with Gasteiger partial charge in [-0.05, 0) is 44.9 Å². The Balaban J connectivity index is 1.63. The molecule has 1 aromatic carbocycles. The molecule has 2 aliphatic rings. The second kappa shape index (κ2) is 9.04. The van der Waals surface area contributed by atoms with Crippen molar-refractivity contribution in [3.8, 4) is 23.1 Å². The topological polar surface area (TPSA) is 110 Å². The lowest BCUT2D eigenvalue weighted by Crippen LogP contribution is -2.43. The molecule has 0 unspecified atom stereocenters. The minimum Gasteiger partial charge on any atom is -0.465 e. The van der Waals surface area contributed by atoms with Crippen molar-refractivity contribution in [1.82, 2.24) is 20.2 Å². The highest BCUT2D eigenvalue weighted by atomic mass is 19.1. The molecule has 8 nitrogen and oxygen atoms in total. The summed E-state index contributed by atoms with van der Waals surface area (Å²) in [5, 5.41) is 15.7. The zero-order valence-corrected chi connectivity index (χ0v) is 20.0. The first-order valence-electron chi connectivity index (χ1n) is 11.8. The molecule has 0 radical (unpaired) electrons. The van der Waals surface area contributed by atoms with Gasteiger partial charge in [0.15, 0.2) is 0 Å². The third-order valence-electron chi connectivity index (χ3n) is 6.92. The number of carbonyl (C=O) groups is 2. The maximum atomic E-state index is 14.3. The average Bonchev–Trinajstić information content (AvgIpc) is 3.43. The van der Waals surface area contributed by atoms with Gasteiger partial charge in [0.2, 0.25) is 0 Å². The normalized spacial score (nSPS) is 18.8. The summed E-state index contributed by atoms with van der Waals surface area (Å²) in [6, 6.07) is 6.57. The van der Waals surface area contributed by atoms with E-state index >= 15 is 0 Å². The number of halogens is 1. The number of likely N-dealkylation sites (tertiary alicyclic amines) is 1. The Hall–Kier alpha value is -4.32. The summed E-state index contributed by atoms with van der Waals surface area (Å²) in [5.41, 5.74) is 3.92. The van der Waals surface area contributed by atoms with Crippen LogP contribution in [0.3, 0.4) is 0 Å². The molecule has 4 heterocycles. The van der Waals surface area contributed by atoms with E-state index in [9.17, 15) is 19.1 Å². The smallest absolute Gasteiger partial charge is 0.408 e. The summed E-state index contributed by atoms with van der Waals surface area (Å²) < 4.78 is 14.3. The van der Waals surface area contributed by atoms with Crippen LogP contribution in [0, 0.1) is 24.6 Å². The average molecular weight is 488 g/mol. The van der Waals surface area contributed by atoms with Gasteiger partial charge in [-0.25, -0.2) is 9.18 Å². The van der Waals surface area contributed by atoms with Crippen molar-refractivity contribution in [2.24, 2.45) is 0 Å². The van der Waals surface area contributed by atoms with E-state index in [0.29, 0.717) is 65.3 Å². The predicted octanol–water partition coefficient (Wildman–Crippen LogP) is 4.44. The minimum atomic E-state index is -0.990. The van der Waals surface area contributed by atoms with Crippen LogP contribution in [0.15, 0.2) is 36.7 Å². The predicted molar refractivity (Wildman–Crippen MR) is 134 cm³/mol. The number of carbonyl (C=O) groups excluding carboxylic acids is 1. The van der Waals surface area contributed by atoms with Crippen molar-refractivity contribution in [3.05, 3.63) is 64.9 Å². The molecule has 9 heteroatoms. The maximum absolute atomic E-state index is 14.3. The summed E-state index contributed by atoms with van der Waals surface area (Å²) in [6.45, 7) is 4.46. The third kappa shape index (κ3) is 4.05. The summed E-state index contributed by atoms with van der Waals surface area (Å²) in [5.74, 6) is 5.76. The fourth-order valence-electron chi connectivity index (χ4n) is 4.90. The number of rotatable bonds is 3. The molecule has 0 aliphatic carbocycles. The molecule has 2 aliphatic heterocycles. The molecule has 1 saturated heterocycles. The van der Waals surface area contributed by atoms with Crippen LogP contribution in [-0.4, -0.2) is 50.6 Å². The fraction of sp³-hybridized carbons (Fsp3) is 0.296. The Morgan fingerprint density at radius 2 is 2.17 bits per heavy atom. The first kappa shape index (κ1) is 23.4. The van der Waals surface area contributed by atoms with Crippen LogP contribution in [0.4, 0.5) is 20.6 Å². The minimum absolute atomic E-state index is 0.215. The van der Waals surface area contributed by atoms with Crippen molar-refractivity contribution in [1.29, 1.82) is 0 Å². The number of pyridine rings is 1. The lowest BCUT2D eigenvalue weighted by Gasteiger charge is -2.27. The zero-order chi connectivity index (χ0) is 25.4. The lowest BCUT2D eigenvalue weighted by molar-refractivity contribution is 0.0946. The number of aromatic nitrogens is 2. The van der Waals surface area contributed by atoms with Crippen LogP contribution in [-0.2, 0) is 6.42 Å². The first-order valence-corrected chi connectivity index (χ1v) is 11.8. The number of aromatic amines is 1. The number of benzene rings is 1. The number of hydrogen-bond donors (Lipinski definition) is 4. The molecule has 4 N–H and O–H groups in total. The Morgan fingerprint density at radius 1 is 1.33 bits per heavy atom. The quantitative estimate of drug-likeness (QED) is 0.409. The van der Waals surface area contributed by atoms with Gasteiger partial charge in [-0.3, -0.25) is 14.7 Å². The van der Waals surface area contributed by atoms with Crippen LogP contribution >= 0.6 is 0 Å². The fourth-order valence-corrected chi connectivity index (χ4v) is 4.90. The molecule has 1 atom stereocenters. The van der Waals surface area contributed by atoms with E-state index in [1.807, 2.05) is 6.92 Å². The second-order valence-corrected chi connectivity index (χ2v) is 9.25. The molecule has 36 heavy (non-hydrogen) atoms. The van der Waals surface area contributed by atoms with Crippen LogP contribution < -0.4 is 10.6 Å². The van der Waals surface area contributed by atoms with Gasteiger partial charge < -0.3 is 20.7 Å². The van der Waals surface area contributed by atoms with Gasteiger partial charge in [-0.1, -0.05) is 17.9 Å². The molecule has 0 saturated carbocycles. The van der Waals surface area contributed by atoms with E-state index in [1.54, 1.807) is 37.5 Å². The van der Waals surface area contributed by atoms with E-state index in [1.165, 1.54) is 11.0 Å². The van der Waals surface area contributed by atoms with Gasteiger partial charge in [0.25, 0.3) is 5.91 Å². The molecule has 3 aromatic rings. The van der Waals surface area contributed by atoms with Crippen LogP contribution in [0.25, 0.3) is 11.3 Å². The van der Waals surface area contributed by atoms with Crippen molar-refractivity contribution >= 4 is 23.4 Å². The molecule has 0 spiro atoms. The molecular weight excluding hydrogens is 461 g/mol. The molecule has 0 bridgehead atoms. The van der Waals surface area contributed by atoms with Gasteiger partial charge >= 0.3 is 6.09 Å². The Kier molecular flexibility index (Phi) is 5.88. The van der Waals surface area contributed by atoms with Gasteiger partial charge in [0.05, 0.1) is 22.5 Å². The standard InChI is InChI=1S/C27H26FN5O3/c1-16-19(28)5-3-6-20(16)31-24-22-21(9-13-30-25(22)34)32-23(24)18-8-12-29-15-17(18)7-11-27(2)10-4-14-33(27)26(35)36/h3,5-6,8,12,15,31-32H,4,9-10,13-14H2,1-2H3,(H,30,34)(H,35,36)/t27-/m1/s1. The number of carboxylic acid groups (broad SMARTS) is 1. The van der Waals surface area contributed by atoms with Crippen LogP contribution in [0.2, 0.25) is 0 Å². The maximum Gasteiger partial charge on any atom is 0.408 e. The molecule has 184 valence electrons. The highest BCUT2D eigenvalue weighted by Crippen LogP contribution is 2.39. The third-order valence-corrected chi connectivity index (χ3v) is 6.92. The molecular formula is C27H26FN5O3. The molecule has 5 rings (SSSR count). The van der Waals surface area contributed by atoms with Crippen molar-refractivity contribution in [2.45, 2.75) is 38.6 Å². The number of nitrogens with one attached hydrogen (secondary N) is 3. The zero-order valence-electron chi connectivity index (χ0n) is 20.0. The van der Waals surface area contributed by atoms with Crippen LogP contribution in [0.5, 0.6) is 0 Å². The SMILES string of the molecule is Cc1c(F)cccc1Nc1c(-c2ccncc2C#C[C@@]2(C)CCCN2C(=O)O)[nH]c2c1C(=O)NCC2. The van der Waals surface area contributed by atoms with Crippen molar-refractivity contribution in [3.63, 3.8) is 0 Å². The summed E-state index contributed by atoms with van der Waals surface area (Å²) in [6.07, 6.45) is 4.29. The van der Waals surface area contributed by atoms with Crippen molar-refractivity contribution in [2.75, 3.05) is 18.4 Å². The van der Waals surface area contributed by atoms with Crippen LogP contribution in [0.1, 0.15) is 46.9 Å². The summed E-state index contributed by atoms with van der Waals surface area (Å²) in [7, 11) is 0. The number of amides is 2. The van der Waals surface area contributed by atoms with E-state index in [0.717, 1.165) is 12.1 Å². The molecule has 2 amide bonds. The number of nitrogens with zero attached hydrogens (tertiary/aromatic N) is 2. The van der Waals surface area contributed by atoms with Gasteiger partial charge in [0, 0.05) is 54.4 Å². The van der Waals surface area contributed by atoms with E-state index in [4.69, 9.17) is 0 Å². The number of hydrogen-bond acceptors (Lipinski definition) is 4. The first-order chi connectivity index (χ1) is 17.3. The van der Waals surface area contributed by atoms with E-state index < -0.39 is 11.6 Å².